The molecule has 0 fully saturated rings. The quantitative estimate of drug-likeness (QED) is 0.173. The highest BCUT2D eigenvalue weighted by Gasteiger charge is 2.19. The first-order valence-electron chi connectivity index (χ1n) is 17.2. The van der Waals surface area contributed by atoms with Crippen LogP contribution in [-0.4, -0.2) is 19.9 Å². The van der Waals surface area contributed by atoms with Crippen LogP contribution in [0.3, 0.4) is 0 Å². The highest BCUT2D eigenvalue weighted by atomic mass is 32.1. The molecule has 0 radical (unpaired) electrons. The van der Waals surface area contributed by atoms with Crippen molar-refractivity contribution in [2.75, 3.05) is 0 Å². The first kappa shape index (κ1) is 29.0. The first-order valence-corrected chi connectivity index (χ1v) is 18.0. The van der Waals surface area contributed by atoms with Gasteiger partial charge in [-0.15, -0.1) is 11.3 Å². The molecular formula is C46H26N4OS. The number of aromatic nitrogens is 4. The van der Waals surface area contributed by atoms with Crippen LogP contribution in [0.2, 0.25) is 0 Å². The van der Waals surface area contributed by atoms with E-state index in [2.05, 4.69) is 109 Å². The minimum atomic E-state index is 0.595. The number of furan rings is 1. The summed E-state index contributed by atoms with van der Waals surface area (Å²) in [7, 11) is 0. The van der Waals surface area contributed by atoms with Gasteiger partial charge in [-0.3, -0.25) is 0 Å². The van der Waals surface area contributed by atoms with Gasteiger partial charge in [0.15, 0.2) is 17.5 Å². The summed E-state index contributed by atoms with van der Waals surface area (Å²) in [4.78, 5) is 20.6. The number of hydrogen-bond acceptors (Lipinski definition) is 6. The lowest BCUT2D eigenvalue weighted by molar-refractivity contribution is 0.669. The number of nitrogens with zero attached hydrogens (tertiary/aromatic N) is 4. The zero-order chi connectivity index (χ0) is 34.2. The summed E-state index contributed by atoms with van der Waals surface area (Å²) in [5, 5.41) is 7.93. The van der Waals surface area contributed by atoms with Gasteiger partial charge in [0.05, 0.1) is 11.2 Å². The molecule has 52 heavy (non-hydrogen) atoms. The molecule has 4 heterocycles. The van der Waals surface area contributed by atoms with Crippen molar-refractivity contribution in [3.8, 4) is 45.4 Å². The summed E-state index contributed by atoms with van der Waals surface area (Å²) < 4.78 is 8.83. The molecule has 11 aromatic rings. The molecule has 4 aromatic heterocycles. The van der Waals surface area contributed by atoms with Crippen LogP contribution in [-0.2, 0) is 0 Å². The molecule has 0 spiro atoms. The lowest BCUT2D eigenvalue weighted by atomic mass is 9.95. The van der Waals surface area contributed by atoms with Gasteiger partial charge in [0, 0.05) is 69.4 Å². The highest BCUT2D eigenvalue weighted by Crippen LogP contribution is 2.42. The van der Waals surface area contributed by atoms with Gasteiger partial charge in [0.25, 0.3) is 0 Å². The molecule has 0 saturated carbocycles. The summed E-state index contributed by atoms with van der Waals surface area (Å²) in [5.41, 5.74) is 7.30. The largest absolute Gasteiger partial charge is 0.456 e. The van der Waals surface area contributed by atoms with Crippen molar-refractivity contribution in [1.29, 1.82) is 0 Å². The lowest BCUT2D eigenvalue weighted by Gasteiger charge is -2.13. The molecule has 11 rings (SSSR count). The third-order valence-electron chi connectivity index (χ3n) is 9.91. The maximum Gasteiger partial charge on any atom is 0.164 e. The Kier molecular flexibility index (Phi) is 6.35. The Labute approximate surface area is 301 Å². The van der Waals surface area contributed by atoms with Crippen molar-refractivity contribution in [1.82, 2.24) is 19.9 Å². The maximum atomic E-state index is 6.36. The zero-order valence-corrected chi connectivity index (χ0v) is 28.4. The summed E-state index contributed by atoms with van der Waals surface area (Å²) in [6, 6.07) is 54.4. The molecule has 0 aliphatic rings. The SMILES string of the molecule is c1ccc(-c2nc(-c3ccc4c(c3)nc(-c3ccccc3)c3ccc5oc6ccccc6c5c34)nc(-c3ccc4c(c3)sc3ccccc34)n2)cc1. The van der Waals surface area contributed by atoms with Gasteiger partial charge in [-0.2, -0.15) is 0 Å². The molecule has 0 N–H and O–H groups in total. The first-order chi connectivity index (χ1) is 25.7. The second-order valence-electron chi connectivity index (χ2n) is 13.0. The Morgan fingerprint density at radius 3 is 1.75 bits per heavy atom. The van der Waals surface area contributed by atoms with Crippen molar-refractivity contribution in [2.45, 2.75) is 0 Å². The monoisotopic (exact) mass is 682 g/mol. The van der Waals surface area contributed by atoms with E-state index in [0.717, 1.165) is 71.6 Å². The topological polar surface area (TPSA) is 64.7 Å². The van der Waals surface area contributed by atoms with Crippen molar-refractivity contribution in [3.05, 3.63) is 158 Å². The Hall–Kier alpha value is -6.76. The number of para-hydroxylation sites is 1. The molecule has 0 saturated heterocycles. The van der Waals surface area contributed by atoms with Gasteiger partial charge in [-0.1, -0.05) is 121 Å². The maximum absolute atomic E-state index is 6.36. The van der Waals surface area contributed by atoms with Crippen LogP contribution in [0, 0.1) is 0 Å². The van der Waals surface area contributed by atoms with Gasteiger partial charge in [-0.05, 0) is 36.4 Å². The average Bonchev–Trinajstić information content (AvgIpc) is 3.79. The molecule has 0 aliphatic carbocycles. The van der Waals surface area contributed by atoms with E-state index in [9.17, 15) is 0 Å². The van der Waals surface area contributed by atoms with E-state index >= 15 is 0 Å². The Balaban J connectivity index is 1.16. The number of rotatable bonds is 4. The van der Waals surface area contributed by atoms with Crippen molar-refractivity contribution in [2.24, 2.45) is 0 Å². The van der Waals surface area contributed by atoms with Crippen LogP contribution >= 0.6 is 11.3 Å². The van der Waals surface area contributed by atoms with Gasteiger partial charge in [-0.25, -0.2) is 19.9 Å². The van der Waals surface area contributed by atoms with Crippen molar-refractivity contribution in [3.63, 3.8) is 0 Å². The lowest BCUT2D eigenvalue weighted by Crippen LogP contribution is -2.00. The van der Waals surface area contributed by atoms with E-state index in [0.29, 0.717) is 17.5 Å². The predicted molar refractivity (Wildman–Crippen MR) is 215 cm³/mol. The van der Waals surface area contributed by atoms with E-state index in [-0.39, 0.29) is 0 Å². The number of thiophene rings is 1. The number of benzene rings is 7. The van der Waals surface area contributed by atoms with Crippen LogP contribution in [0.15, 0.2) is 162 Å². The van der Waals surface area contributed by atoms with Crippen LogP contribution in [0.5, 0.6) is 0 Å². The molecule has 0 aliphatic heterocycles. The van der Waals surface area contributed by atoms with Gasteiger partial charge < -0.3 is 4.42 Å². The van der Waals surface area contributed by atoms with Gasteiger partial charge >= 0.3 is 0 Å². The molecule has 7 aromatic carbocycles. The number of hydrogen-bond donors (Lipinski definition) is 0. The summed E-state index contributed by atoms with van der Waals surface area (Å²) in [6.07, 6.45) is 0. The third kappa shape index (κ3) is 4.55. The van der Waals surface area contributed by atoms with E-state index < -0.39 is 0 Å². The molecule has 0 amide bonds. The van der Waals surface area contributed by atoms with Crippen LogP contribution in [0.25, 0.3) is 109 Å². The second kappa shape index (κ2) is 11.4. The van der Waals surface area contributed by atoms with E-state index in [4.69, 9.17) is 24.4 Å². The fourth-order valence-electron chi connectivity index (χ4n) is 7.48. The molecule has 6 heteroatoms. The van der Waals surface area contributed by atoms with E-state index in [1.165, 1.54) is 20.2 Å². The average molecular weight is 683 g/mol. The molecule has 5 nitrogen and oxygen atoms in total. The molecular weight excluding hydrogens is 657 g/mol. The van der Waals surface area contributed by atoms with E-state index in [1.807, 2.05) is 48.5 Å². The Bertz CT molecular complexity index is 3190. The Morgan fingerprint density at radius 1 is 0.365 bits per heavy atom. The second-order valence-corrected chi connectivity index (χ2v) is 14.1. The van der Waals surface area contributed by atoms with E-state index in [1.54, 1.807) is 11.3 Å². The molecule has 0 unspecified atom stereocenters. The molecule has 242 valence electrons. The fourth-order valence-corrected chi connectivity index (χ4v) is 8.63. The zero-order valence-electron chi connectivity index (χ0n) is 27.6. The highest BCUT2D eigenvalue weighted by molar-refractivity contribution is 7.25. The predicted octanol–water partition coefficient (Wildman–Crippen LogP) is 12.5. The van der Waals surface area contributed by atoms with Crippen molar-refractivity contribution < 1.29 is 4.42 Å². The number of pyridine rings is 1. The molecule has 0 atom stereocenters. The van der Waals surface area contributed by atoms with Gasteiger partial charge in [0.2, 0.25) is 0 Å². The van der Waals surface area contributed by atoms with Crippen LogP contribution in [0.4, 0.5) is 0 Å². The minimum absolute atomic E-state index is 0.595. The van der Waals surface area contributed by atoms with Crippen LogP contribution < -0.4 is 0 Å². The Morgan fingerprint density at radius 2 is 0.962 bits per heavy atom. The molecule has 0 bridgehead atoms. The van der Waals surface area contributed by atoms with Crippen LogP contribution in [0.1, 0.15) is 0 Å². The number of fused-ring (bicyclic) bond motifs is 10. The smallest absolute Gasteiger partial charge is 0.164 e. The summed E-state index contributed by atoms with van der Waals surface area (Å²) in [6.45, 7) is 0. The minimum Gasteiger partial charge on any atom is -0.456 e. The standard InChI is InChI=1S/C46H26N4OS/c1-3-11-27(12-4-1)43-35-23-24-38-42(34-16-7-9-17-37(34)51-38)41(35)33-22-20-29(25-36(33)47-43)45-48-44(28-13-5-2-6-14-28)49-46(50-45)30-19-21-32-31-15-8-10-18-39(31)52-40(32)26-30/h1-26H. The normalized spacial score (nSPS) is 11.8. The summed E-state index contributed by atoms with van der Waals surface area (Å²) >= 11 is 1.79. The summed E-state index contributed by atoms with van der Waals surface area (Å²) in [5.74, 6) is 1.85. The third-order valence-corrected chi connectivity index (χ3v) is 11.0. The van der Waals surface area contributed by atoms with Crippen molar-refractivity contribution >= 4 is 75.1 Å². The van der Waals surface area contributed by atoms with Gasteiger partial charge in [0.1, 0.15) is 11.2 Å². The fraction of sp³-hybridized carbons (Fsp3) is 0.